The molecule has 4 rings (SSSR count). The average Bonchev–Trinajstić information content (AvgIpc) is 2.82. The number of aromatic nitrogens is 2. The smallest absolute Gasteiger partial charge is 0.115 e. The van der Waals surface area contributed by atoms with E-state index in [1.165, 1.54) is 30.5 Å². The van der Waals surface area contributed by atoms with Crippen molar-refractivity contribution in [2.75, 3.05) is 0 Å². The van der Waals surface area contributed by atoms with Gasteiger partial charge >= 0.3 is 0 Å². The van der Waals surface area contributed by atoms with Crippen molar-refractivity contribution in [3.8, 4) is 0 Å². The summed E-state index contributed by atoms with van der Waals surface area (Å²) in [4.78, 5) is 9.06. The Balaban J connectivity index is 2.02. The molecule has 2 nitrogen and oxygen atoms in total. The Morgan fingerprint density at radius 2 is 2.00 bits per heavy atom. The minimum Gasteiger partial charge on any atom is -0.244 e. The van der Waals surface area contributed by atoms with Crippen molar-refractivity contribution in [2.45, 2.75) is 58.3 Å². The second kappa shape index (κ2) is 3.39. The molecule has 3 aliphatic carbocycles. The number of rotatable bonds is 0. The van der Waals surface area contributed by atoms with Gasteiger partial charge in [0, 0.05) is 17.5 Å². The van der Waals surface area contributed by atoms with E-state index in [4.69, 9.17) is 0 Å². The van der Waals surface area contributed by atoms with Crippen LogP contribution in [0.15, 0.2) is 12.5 Å². The highest BCUT2D eigenvalue weighted by Gasteiger charge is 2.66. The van der Waals surface area contributed by atoms with Crippen molar-refractivity contribution >= 4 is 0 Å². The maximum Gasteiger partial charge on any atom is 0.115 e. The molecule has 2 heteroatoms. The van der Waals surface area contributed by atoms with Gasteiger partial charge in [-0.25, -0.2) is 9.97 Å². The third-order valence-electron chi connectivity index (χ3n) is 7.08. The molecule has 1 aromatic rings. The summed E-state index contributed by atoms with van der Waals surface area (Å²) in [5.41, 5.74) is 3.69. The fourth-order valence-corrected chi connectivity index (χ4v) is 6.18. The summed E-state index contributed by atoms with van der Waals surface area (Å²) in [5, 5.41) is 0. The maximum atomic E-state index is 4.69. The van der Waals surface area contributed by atoms with Crippen LogP contribution in [0.4, 0.5) is 0 Å². The quantitative estimate of drug-likeness (QED) is 0.703. The van der Waals surface area contributed by atoms with E-state index < -0.39 is 0 Å². The molecule has 0 aromatic carbocycles. The third-order valence-corrected chi connectivity index (χ3v) is 7.08. The minimum absolute atomic E-state index is 0.386. The van der Waals surface area contributed by atoms with Crippen LogP contribution in [0.25, 0.3) is 0 Å². The second-order valence-electron chi connectivity index (χ2n) is 7.81. The van der Waals surface area contributed by atoms with Crippen molar-refractivity contribution in [3.63, 3.8) is 0 Å². The highest BCUT2D eigenvalue weighted by molar-refractivity contribution is 5.41. The molecule has 1 heterocycles. The summed E-state index contributed by atoms with van der Waals surface area (Å²) < 4.78 is 0. The van der Waals surface area contributed by atoms with Crippen molar-refractivity contribution in [2.24, 2.45) is 23.2 Å². The average molecular weight is 256 g/mol. The van der Waals surface area contributed by atoms with Gasteiger partial charge < -0.3 is 0 Å². The molecule has 2 bridgehead atoms. The molecule has 0 amide bonds. The van der Waals surface area contributed by atoms with Gasteiger partial charge in [-0.1, -0.05) is 27.7 Å². The summed E-state index contributed by atoms with van der Waals surface area (Å²) in [6.07, 6.45) is 8.03. The highest BCUT2D eigenvalue weighted by Crippen LogP contribution is 2.72. The third kappa shape index (κ3) is 1.15. The zero-order chi connectivity index (χ0) is 13.4. The molecule has 19 heavy (non-hydrogen) atoms. The van der Waals surface area contributed by atoms with Gasteiger partial charge in [0.15, 0.2) is 0 Å². The molecular weight excluding hydrogens is 232 g/mol. The molecule has 0 N–H and O–H groups in total. The van der Waals surface area contributed by atoms with Crippen LogP contribution >= 0.6 is 0 Å². The van der Waals surface area contributed by atoms with Crippen LogP contribution in [0.3, 0.4) is 0 Å². The lowest BCUT2D eigenvalue weighted by molar-refractivity contribution is 0.160. The van der Waals surface area contributed by atoms with Gasteiger partial charge in [-0.05, 0) is 48.0 Å². The van der Waals surface area contributed by atoms with Gasteiger partial charge in [-0.2, -0.15) is 0 Å². The predicted molar refractivity (Wildman–Crippen MR) is 75.9 cm³/mol. The van der Waals surface area contributed by atoms with Crippen molar-refractivity contribution < 1.29 is 0 Å². The Hall–Kier alpha value is -0.920. The van der Waals surface area contributed by atoms with Crippen molar-refractivity contribution in [1.29, 1.82) is 0 Å². The van der Waals surface area contributed by atoms with E-state index in [1.54, 1.807) is 6.33 Å². The Morgan fingerprint density at radius 1 is 1.21 bits per heavy atom. The van der Waals surface area contributed by atoms with E-state index in [0.717, 1.165) is 17.8 Å². The van der Waals surface area contributed by atoms with Crippen molar-refractivity contribution in [3.05, 3.63) is 23.8 Å². The van der Waals surface area contributed by atoms with E-state index in [9.17, 15) is 0 Å². The first kappa shape index (κ1) is 11.9. The SMILES string of the molecule is CC1c2ncncc2C23CC1C(C)(C)C2CCC3C. The normalized spacial score (nSPS) is 45.9. The Kier molecular flexibility index (Phi) is 2.12. The molecular formula is C17H24N2. The Labute approximate surface area is 116 Å². The van der Waals surface area contributed by atoms with Crippen LogP contribution < -0.4 is 0 Å². The van der Waals surface area contributed by atoms with Gasteiger partial charge in [-0.3, -0.25) is 0 Å². The van der Waals surface area contributed by atoms with Crippen LogP contribution in [-0.2, 0) is 5.41 Å². The predicted octanol–water partition coefficient (Wildman–Crippen LogP) is 3.92. The van der Waals surface area contributed by atoms with Crippen LogP contribution in [0.5, 0.6) is 0 Å². The van der Waals surface area contributed by atoms with Crippen molar-refractivity contribution in [1.82, 2.24) is 9.97 Å². The van der Waals surface area contributed by atoms with Gasteiger partial charge in [0.2, 0.25) is 0 Å². The Morgan fingerprint density at radius 3 is 2.79 bits per heavy atom. The zero-order valence-corrected chi connectivity index (χ0v) is 12.5. The van der Waals surface area contributed by atoms with Gasteiger partial charge in [0.1, 0.15) is 6.33 Å². The molecule has 1 aromatic heterocycles. The number of nitrogens with zero attached hydrogens (tertiary/aromatic N) is 2. The zero-order valence-electron chi connectivity index (χ0n) is 12.5. The lowest BCUT2D eigenvalue weighted by Gasteiger charge is -2.40. The molecule has 102 valence electrons. The number of fused-ring (bicyclic) bond motifs is 2. The summed E-state index contributed by atoms with van der Waals surface area (Å²) in [5.74, 6) is 3.01. The highest BCUT2D eigenvalue weighted by atomic mass is 14.9. The van der Waals surface area contributed by atoms with Gasteiger partial charge in [-0.15, -0.1) is 0 Å². The standard InChI is InChI=1S/C17H24N2/c1-10-5-6-14-16(3,4)12-7-17(10,14)13-8-18-9-19-15(13)11(12)2/h8-12,14H,5-7H2,1-4H3. The largest absolute Gasteiger partial charge is 0.244 e. The van der Waals surface area contributed by atoms with E-state index >= 15 is 0 Å². The topological polar surface area (TPSA) is 25.8 Å². The summed E-state index contributed by atoms with van der Waals surface area (Å²) in [7, 11) is 0. The van der Waals surface area contributed by atoms with Crippen LogP contribution in [0.1, 0.15) is 64.1 Å². The molecule has 0 aliphatic heterocycles. The first-order valence-corrected chi connectivity index (χ1v) is 7.80. The summed E-state index contributed by atoms with van der Waals surface area (Å²) in [6.45, 7) is 9.87. The fourth-order valence-electron chi connectivity index (χ4n) is 6.18. The lowest BCUT2D eigenvalue weighted by atomic mass is 9.64. The first-order valence-electron chi connectivity index (χ1n) is 7.80. The van der Waals surface area contributed by atoms with Crippen LogP contribution in [0, 0.1) is 23.2 Å². The first-order chi connectivity index (χ1) is 8.99. The number of hydrogen-bond acceptors (Lipinski definition) is 2. The summed E-state index contributed by atoms with van der Waals surface area (Å²) in [6, 6.07) is 0. The van der Waals surface area contributed by atoms with E-state index in [-0.39, 0.29) is 0 Å². The number of hydrogen-bond donors (Lipinski definition) is 0. The Bertz CT molecular complexity index is 536. The molecule has 0 saturated heterocycles. The molecule has 5 atom stereocenters. The minimum atomic E-state index is 0.386. The maximum absolute atomic E-state index is 4.69. The van der Waals surface area contributed by atoms with Gasteiger partial charge in [0.05, 0.1) is 5.69 Å². The monoisotopic (exact) mass is 256 g/mol. The molecule has 0 radical (unpaired) electrons. The molecule has 3 aliphatic rings. The molecule has 5 unspecified atom stereocenters. The molecule has 2 fully saturated rings. The van der Waals surface area contributed by atoms with E-state index in [0.29, 0.717) is 16.7 Å². The van der Waals surface area contributed by atoms with E-state index in [1.807, 2.05) is 0 Å². The second-order valence-corrected chi connectivity index (χ2v) is 7.81. The molecule has 1 spiro atoms. The van der Waals surface area contributed by atoms with E-state index in [2.05, 4.69) is 43.9 Å². The molecule has 2 saturated carbocycles. The fraction of sp³-hybridized carbons (Fsp3) is 0.765. The lowest BCUT2D eigenvalue weighted by Crippen LogP contribution is -2.37. The van der Waals surface area contributed by atoms with Crippen LogP contribution in [0.2, 0.25) is 0 Å². The summed E-state index contributed by atoms with van der Waals surface area (Å²) >= 11 is 0. The van der Waals surface area contributed by atoms with Crippen LogP contribution in [-0.4, -0.2) is 9.97 Å². The van der Waals surface area contributed by atoms with Gasteiger partial charge in [0.25, 0.3) is 0 Å².